The monoisotopic (exact) mass is 352 g/mol. The van der Waals surface area contributed by atoms with Gasteiger partial charge in [0.25, 0.3) is 5.91 Å². The number of hydrogen-bond acceptors (Lipinski definition) is 4. The molecule has 26 heavy (non-hydrogen) atoms. The smallest absolute Gasteiger partial charge is 0.309 e. The Balaban J connectivity index is 1.61. The third-order valence-corrected chi connectivity index (χ3v) is 5.54. The van der Waals surface area contributed by atoms with Crippen LogP contribution >= 0.6 is 0 Å². The van der Waals surface area contributed by atoms with Crippen molar-refractivity contribution in [2.45, 2.75) is 39.0 Å². The number of benzene rings is 1. The molecule has 0 atom stereocenters. The van der Waals surface area contributed by atoms with E-state index in [1.807, 2.05) is 36.1 Å². The Labute approximate surface area is 153 Å². The molecule has 1 aromatic carbocycles. The van der Waals surface area contributed by atoms with E-state index < -0.39 is 0 Å². The number of fused-ring (bicyclic) bond motifs is 2. The minimum Gasteiger partial charge on any atom is -0.466 e. The molecule has 0 bridgehead atoms. The minimum absolute atomic E-state index is 0.0844. The number of pyridine rings is 1. The van der Waals surface area contributed by atoms with Crippen LogP contribution in [0.25, 0.3) is 10.9 Å². The van der Waals surface area contributed by atoms with Gasteiger partial charge in [-0.2, -0.15) is 0 Å². The molecule has 0 radical (unpaired) electrons. The zero-order valence-electron chi connectivity index (χ0n) is 15.2. The molecule has 0 saturated carbocycles. The predicted octanol–water partition coefficient (Wildman–Crippen LogP) is 3.14. The fourth-order valence-electron chi connectivity index (χ4n) is 4.19. The summed E-state index contributed by atoms with van der Waals surface area (Å²) in [6.07, 6.45) is 4.29. The second-order valence-electron chi connectivity index (χ2n) is 7.10. The highest BCUT2D eigenvalue weighted by atomic mass is 16.5. The highest BCUT2D eigenvalue weighted by Crippen LogP contribution is 2.32. The maximum atomic E-state index is 13.4. The summed E-state index contributed by atoms with van der Waals surface area (Å²) in [5, 5.41) is 0.950. The Hall–Kier alpha value is -2.43. The Morgan fingerprint density at radius 1 is 1.19 bits per heavy atom. The number of hydrogen-bond donors (Lipinski definition) is 0. The van der Waals surface area contributed by atoms with Crippen LogP contribution in [0.2, 0.25) is 0 Å². The molecule has 0 unspecified atom stereocenters. The summed E-state index contributed by atoms with van der Waals surface area (Å²) in [6.45, 7) is 3.44. The summed E-state index contributed by atoms with van der Waals surface area (Å²) in [4.78, 5) is 32.0. The number of carbonyl (C=O) groups is 2. The molecule has 1 aliphatic heterocycles. The van der Waals surface area contributed by atoms with Crippen LogP contribution in [0, 0.1) is 5.92 Å². The van der Waals surface area contributed by atoms with E-state index in [1.54, 1.807) is 0 Å². The number of para-hydroxylation sites is 1. The lowest BCUT2D eigenvalue weighted by atomic mass is 9.94. The van der Waals surface area contributed by atoms with Crippen molar-refractivity contribution in [3.8, 4) is 0 Å². The summed E-state index contributed by atoms with van der Waals surface area (Å²) in [5.41, 5.74) is 3.94. The molecule has 2 heterocycles. The second kappa shape index (κ2) is 7.06. The summed E-state index contributed by atoms with van der Waals surface area (Å²) >= 11 is 0. The quantitative estimate of drug-likeness (QED) is 0.796. The van der Waals surface area contributed by atoms with Crippen molar-refractivity contribution < 1.29 is 14.3 Å². The van der Waals surface area contributed by atoms with E-state index in [4.69, 9.17) is 9.72 Å². The predicted molar refractivity (Wildman–Crippen MR) is 99.0 cm³/mol. The lowest BCUT2D eigenvalue weighted by Crippen LogP contribution is -2.41. The largest absolute Gasteiger partial charge is 0.466 e. The van der Waals surface area contributed by atoms with Gasteiger partial charge in [-0.3, -0.25) is 14.6 Å². The third kappa shape index (κ3) is 2.96. The van der Waals surface area contributed by atoms with Gasteiger partial charge in [-0.15, -0.1) is 0 Å². The molecule has 0 spiro atoms. The normalized spacial score (nSPS) is 17.3. The number of aryl methyl sites for hydroxylation is 1. The molecule has 0 N–H and O–H groups in total. The Morgan fingerprint density at radius 3 is 2.73 bits per heavy atom. The second-order valence-corrected chi connectivity index (χ2v) is 7.10. The van der Waals surface area contributed by atoms with Crippen molar-refractivity contribution in [2.24, 2.45) is 5.92 Å². The molecule has 4 rings (SSSR count). The van der Waals surface area contributed by atoms with Crippen LogP contribution in [0.3, 0.4) is 0 Å². The molecular weight excluding hydrogens is 328 g/mol. The number of aromatic nitrogens is 1. The Morgan fingerprint density at radius 2 is 1.96 bits per heavy atom. The van der Waals surface area contributed by atoms with Crippen molar-refractivity contribution in [2.75, 3.05) is 19.7 Å². The van der Waals surface area contributed by atoms with Crippen LogP contribution in [0.5, 0.6) is 0 Å². The van der Waals surface area contributed by atoms with E-state index in [0.29, 0.717) is 32.5 Å². The van der Waals surface area contributed by atoms with E-state index in [-0.39, 0.29) is 17.8 Å². The molecule has 5 nitrogen and oxygen atoms in total. The van der Waals surface area contributed by atoms with Gasteiger partial charge in [0.1, 0.15) is 0 Å². The molecule has 1 amide bonds. The van der Waals surface area contributed by atoms with Crippen molar-refractivity contribution in [1.29, 1.82) is 0 Å². The van der Waals surface area contributed by atoms with Crippen molar-refractivity contribution in [1.82, 2.24) is 9.88 Å². The number of ether oxygens (including phenoxy) is 1. The van der Waals surface area contributed by atoms with Gasteiger partial charge in [0.15, 0.2) is 0 Å². The molecule has 1 saturated heterocycles. The lowest BCUT2D eigenvalue weighted by molar-refractivity contribution is -0.149. The average Bonchev–Trinajstić information content (AvgIpc) is 3.14. The van der Waals surface area contributed by atoms with Gasteiger partial charge in [0, 0.05) is 24.2 Å². The van der Waals surface area contributed by atoms with Crippen LogP contribution < -0.4 is 0 Å². The molecule has 136 valence electrons. The van der Waals surface area contributed by atoms with E-state index in [2.05, 4.69) is 0 Å². The van der Waals surface area contributed by atoms with E-state index in [9.17, 15) is 9.59 Å². The fraction of sp³-hybridized carbons (Fsp3) is 0.476. The first-order chi connectivity index (χ1) is 12.7. The zero-order valence-corrected chi connectivity index (χ0v) is 15.2. The first kappa shape index (κ1) is 17.0. The number of esters is 1. The van der Waals surface area contributed by atoms with Crippen LogP contribution in [-0.4, -0.2) is 41.5 Å². The third-order valence-electron chi connectivity index (χ3n) is 5.54. The maximum Gasteiger partial charge on any atom is 0.309 e. The molecule has 5 heteroatoms. The maximum absolute atomic E-state index is 13.4. The summed E-state index contributed by atoms with van der Waals surface area (Å²) in [5.74, 6) is -0.127. The SMILES string of the molecule is CCOC(=O)C1CCN(C(=O)c2c3c(nc4ccccc24)CCC3)CC1. The lowest BCUT2D eigenvalue weighted by Gasteiger charge is -2.31. The number of piperidine rings is 1. The van der Waals surface area contributed by atoms with E-state index in [0.717, 1.165) is 47.0 Å². The fourth-order valence-corrected chi connectivity index (χ4v) is 4.19. The number of rotatable bonds is 3. The Kier molecular flexibility index (Phi) is 4.62. The highest BCUT2D eigenvalue weighted by molar-refractivity contribution is 6.07. The molecule has 1 fully saturated rings. The van der Waals surface area contributed by atoms with Gasteiger partial charge >= 0.3 is 5.97 Å². The topological polar surface area (TPSA) is 59.5 Å². The van der Waals surface area contributed by atoms with E-state index in [1.165, 1.54) is 0 Å². The van der Waals surface area contributed by atoms with Crippen molar-refractivity contribution >= 4 is 22.8 Å². The van der Waals surface area contributed by atoms with Gasteiger partial charge < -0.3 is 9.64 Å². The van der Waals surface area contributed by atoms with Gasteiger partial charge in [0.2, 0.25) is 0 Å². The van der Waals surface area contributed by atoms with Crippen molar-refractivity contribution in [3.63, 3.8) is 0 Å². The van der Waals surface area contributed by atoms with Gasteiger partial charge in [-0.1, -0.05) is 18.2 Å². The van der Waals surface area contributed by atoms with E-state index >= 15 is 0 Å². The molecule has 2 aromatic rings. The summed E-state index contributed by atoms with van der Waals surface area (Å²) in [6, 6.07) is 7.92. The number of amides is 1. The van der Waals surface area contributed by atoms with Gasteiger partial charge in [-0.25, -0.2) is 0 Å². The minimum atomic E-state index is -0.130. The first-order valence-electron chi connectivity index (χ1n) is 9.55. The van der Waals surface area contributed by atoms with Crippen LogP contribution in [-0.2, 0) is 22.4 Å². The standard InChI is InChI=1S/C21H24N2O3/c1-2-26-21(25)14-10-12-23(13-11-14)20(24)19-15-6-3-4-8-17(15)22-18-9-5-7-16(18)19/h3-4,6,8,14H,2,5,7,9-13H2,1H3. The first-order valence-corrected chi connectivity index (χ1v) is 9.55. The zero-order chi connectivity index (χ0) is 18.1. The molecule has 1 aromatic heterocycles. The van der Waals surface area contributed by atoms with Crippen molar-refractivity contribution in [3.05, 3.63) is 41.1 Å². The Bertz CT molecular complexity index is 854. The molecule has 1 aliphatic carbocycles. The number of carbonyl (C=O) groups excluding carboxylic acids is 2. The van der Waals surface area contributed by atoms with Crippen LogP contribution in [0.4, 0.5) is 0 Å². The average molecular weight is 352 g/mol. The van der Waals surface area contributed by atoms with Crippen LogP contribution in [0.1, 0.15) is 47.8 Å². The summed E-state index contributed by atoms with van der Waals surface area (Å²) in [7, 11) is 0. The summed E-state index contributed by atoms with van der Waals surface area (Å²) < 4.78 is 5.13. The van der Waals surface area contributed by atoms with Crippen LogP contribution in [0.15, 0.2) is 24.3 Å². The molecular formula is C21H24N2O3. The van der Waals surface area contributed by atoms with Gasteiger partial charge in [0.05, 0.1) is 23.6 Å². The van der Waals surface area contributed by atoms with Gasteiger partial charge in [-0.05, 0) is 50.7 Å². The highest BCUT2D eigenvalue weighted by Gasteiger charge is 2.31. The number of nitrogens with zero attached hydrogens (tertiary/aromatic N) is 2. The molecule has 2 aliphatic rings. The number of likely N-dealkylation sites (tertiary alicyclic amines) is 1.